The highest BCUT2D eigenvalue weighted by Gasteiger charge is 2.38. The number of nitrogens with one attached hydrogen (secondary N) is 1. The van der Waals surface area contributed by atoms with Gasteiger partial charge in [-0.05, 0) is 42.8 Å². The quantitative estimate of drug-likeness (QED) is 0.684. The lowest BCUT2D eigenvalue weighted by molar-refractivity contribution is -0.140. The number of hydrazone groups is 1. The van der Waals surface area contributed by atoms with E-state index in [1.54, 1.807) is 18.3 Å². The first-order chi connectivity index (χ1) is 15.7. The molecule has 6 nitrogen and oxygen atoms in total. The van der Waals surface area contributed by atoms with E-state index >= 15 is 0 Å². The molecule has 2 aliphatic rings. The number of hydrogen-bond acceptors (Lipinski definition) is 4. The summed E-state index contributed by atoms with van der Waals surface area (Å²) < 4.78 is 52.8. The van der Waals surface area contributed by atoms with Crippen molar-refractivity contribution >= 4 is 23.2 Å². The van der Waals surface area contributed by atoms with Gasteiger partial charge < -0.3 is 10.2 Å². The normalized spacial score (nSPS) is 15.8. The van der Waals surface area contributed by atoms with E-state index in [4.69, 9.17) is 0 Å². The summed E-state index contributed by atoms with van der Waals surface area (Å²) in [6.07, 6.45) is -2.82. The van der Waals surface area contributed by atoms with Crippen LogP contribution in [-0.4, -0.2) is 35.5 Å². The monoisotopic (exact) mass is 460 g/mol. The summed E-state index contributed by atoms with van der Waals surface area (Å²) in [7, 11) is 0. The van der Waals surface area contributed by atoms with Crippen molar-refractivity contribution in [2.75, 3.05) is 18.1 Å². The summed E-state index contributed by atoms with van der Waals surface area (Å²) in [4.78, 5) is 26.6. The van der Waals surface area contributed by atoms with E-state index < -0.39 is 23.5 Å². The molecule has 2 aromatic rings. The molecule has 0 atom stereocenters. The van der Waals surface area contributed by atoms with E-state index in [1.807, 2.05) is 24.0 Å². The molecule has 172 valence electrons. The van der Waals surface area contributed by atoms with Crippen molar-refractivity contribution in [2.45, 2.75) is 26.1 Å². The Kier molecular flexibility index (Phi) is 5.92. The summed E-state index contributed by atoms with van der Waals surface area (Å²) in [6.45, 7) is 3.41. The zero-order valence-corrected chi connectivity index (χ0v) is 17.6. The molecule has 10 heteroatoms. The maximum absolute atomic E-state index is 13.6. The van der Waals surface area contributed by atoms with Crippen LogP contribution in [0.5, 0.6) is 0 Å². The van der Waals surface area contributed by atoms with Crippen LogP contribution in [0.15, 0.2) is 59.3 Å². The Hall–Kier alpha value is -3.69. The number of carbonyl (C=O) groups is 2. The Morgan fingerprint density at radius 1 is 1.15 bits per heavy atom. The van der Waals surface area contributed by atoms with Crippen molar-refractivity contribution in [3.8, 4) is 0 Å². The number of benzene rings is 2. The van der Waals surface area contributed by atoms with E-state index in [2.05, 4.69) is 10.4 Å². The molecule has 0 saturated heterocycles. The standard InChI is InChI=1S/C23H20F4N4O2/c1-2-28-21(32)15-5-3-14(4-6-15)12-30-10-9-20-17(13-30)22(33)31(29-20)16-7-8-19(24)18(11-16)23(25,26)27/h3-8,11,13H,2,9-10,12H2,1H3,(H,28,32). The zero-order valence-electron chi connectivity index (χ0n) is 17.6. The molecular weight excluding hydrogens is 440 g/mol. The number of amides is 2. The van der Waals surface area contributed by atoms with Crippen LogP contribution in [-0.2, 0) is 17.5 Å². The molecule has 2 heterocycles. The third kappa shape index (κ3) is 4.59. The minimum Gasteiger partial charge on any atom is -0.372 e. The predicted molar refractivity (Wildman–Crippen MR) is 114 cm³/mol. The van der Waals surface area contributed by atoms with Crippen molar-refractivity contribution in [3.05, 3.63) is 76.7 Å². The van der Waals surface area contributed by atoms with Crippen LogP contribution in [0.4, 0.5) is 23.2 Å². The summed E-state index contributed by atoms with van der Waals surface area (Å²) in [5.41, 5.74) is 0.638. The number of carbonyl (C=O) groups excluding carboxylic acids is 2. The molecule has 0 saturated carbocycles. The second kappa shape index (κ2) is 8.68. The number of hydrogen-bond donors (Lipinski definition) is 1. The maximum atomic E-state index is 13.6. The number of anilines is 1. The van der Waals surface area contributed by atoms with Crippen molar-refractivity contribution in [3.63, 3.8) is 0 Å². The number of fused-ring (bicyclic) bond motifs is 1. The first-order valence-electron chi connectivity index (χ1n) is 10.3. The minimum absolute atomic E-state index is 0.149. The van der Waals surface area contributed by atoms with E-state index in [0.29, 0.717) is 49.5 Å². The average molecular weight is 460 g/mol. The summed E-state index contributed by atoms with van der Waals surface area (Å²) >= 11 is 0. The molecule has 0 radical (unpaired) electrons. The second-order valence-corrected chi connectivity index (χ2v) is 7.65. The summed E-state index contributed by atoms with van der Waals surface area (Å²) in [5, 5.41) is 7.78. The summed E-state index contributed by atoms with van der Waals surface area (Å²) in [6, 6.07) is 9.46. The van der Waals surface area contributed by atoms with Crippen LogP contribution in [0.1, 0.15) is 34.8 Å². The van der Waals surface area contributed by atoms with Crippen molar-refractivity contribution in [1.82, 2.24) is 10.2 Å². The lowest BCUT2D eigenvalue weighted by Gasteiger charge is -2.25. The van der Waals surface area contributed by atoms with Crippen LogP contribution >= 0.6 is 0 Å². The van der Waals surface area contributed by atoms with Crippen LogP contribution in [0.2, 0.25) is 0 Å². The lowest BCUT2D eigenvalue weighted by atomic mass is 10.0. The minimum atomic E-state index is -4.88. The van der Waals surface area contributed by atoms with Gasteiger partial charge in [0, 0.05) is 37.8 Å². The van der Waals surface area contributed by atoms with Gasteiger partial charge in [-0.2, -0.15) is 23.3 Å². The number of alkyl halides is 3. The summed E-state index contributed by atoms with van der Waals surface area (Å²) in [5.74, 6) is -2.14. The molecule has 2 amide bonds. The molecule has 2 aromatic carbocycles. The van der Waals surface area contributed by atoms with Crippen LogP contribution < -0.4 is 10.3 Å². The molecular formula is C23H20F4N4O2. The van der Waals surface area contributed by atoms with Crippen molar-refractivity contribution in [2.24, 2.45) is 5.10 Å². The Morgan fingerprint density at radius 2 is 1.88 bits per heavy atom. The van der Waals surface area contributed by atoms with Gasteiger partial charge in [0.05, 0.1) is 22.5 Å². The third-order valence-corrected chi connectivity index (χ3v) is 5.34. The van der Waals surface area contributed by atoms with E-state index in [0.717, 1.165) is 16.6 Å². The van der Waals surface area contributed by atoms with Gasteiger partial charge >= 0.3 is 6.18 Å². The van der Waals surface area contributed by atoms with Gasteiger partial charge in [0.1, 0.15) is 5.82 Å². The maximum Gasteiger partial charge on any atom is 0.419 e. The Labute approximate surface area is 187 Å². The van der Waals surface area contributed by atoms with Gasteiger partial charge in [0.2, 0.25) is 0 Å². The van der Waals surface area contributed by atoms with Crippen LogP contribution in [0.25, 0.3) is 0 Å². The molecule has 1 N–H and O–H groups in total. The Bertz CT molecular complexity index is 1160. The highest BCUT2D eigenvalue weighted by atomic mass is 19.4. The van der Waals surface area contributed by atoms with E-state index in [1.165, 1.54) is 0 Å². The molecule has 4 rings (SSSR count). The topological polar surface area (TPSA) is 65.0 Å². The van der Waals surface area contributed by atoms with Gasteiger partial charge in [-0.15, -0.1) is 0 Å². The molecule has 0 unspecified atom stereocenters. The Morgan fingerprint density at radius 3 is 2.55 bits per heavy atom. The molecule has 0 aromatic heterocycles. The van der Waals surface area contributed by atoms with E-state index in [-0.39, 0.29) is 17.2 Å². The molecule has 0 fully saturated rings. The van der Waals surface area contributed by atoms with E-state index in [9.17, 15) is 27.2 Å². The molecule has 0 spiro atoms. The van der Waals surface area contributed by atoms with Gasteiger partial charge in [0.25, 0.3) is 11.8 Å². The van der Waals surface area contributed by atoms with Crippen LogP contribution in [0.3, 0.4) is 0 Å². The van der Waals surface area contributed by atoms with Gasteiger partial charge in [-0.1, -0.05) is 12.1 Å². The zero-order chi connectivity index (χ0) is 23.8. The molecule has 2 aliphatic heterocycles. The first kappa shape index (κ1) is 22.5. The number of rotatable bonds is 5. The Balaban J connectivity index is 1.51. The second-order valence-electron chi connectivity index (χ2n) is 7.65. The predicted octanol–water partition coefficient (Wildman–Crippen LogP) is 4.09. The smallest absolute Gasteiger partial charge is 0.372 e. The third-order valence-electron chi connectivity index (χ3n) is 5.34. The van der Waals surface area contributed by atoms with Crippen molar-refractivity contribution < 1.29 is 27.2 Å². The number of nitrogens with zero attached hydrogens (tertiary/aromatic N) is 3. The SMILES string of the molecule is CCNC(=O)c1ccc(CN2C=C3C(=O)N(c4ccc(F)c(C(F)(F)F)c4)N=C3CC2)cc1. The highest BCUT2D eigenvalue weighted by molar-refractivity contribution is 6.30. The fourth-order valence-electron chi connectivity index (χ4n) is 3.69. The van der Waals surface area contributed by atoms with Crippen LogP contribution in [0, 0.1) is 5.82 Å². The highest BCUT2D eigenvalue weighted by Crippen LogP contribution is 2.35. The average Bonchev–Trinajstić information content (AvgIpc) is 3.10. The fraction of sp³-hybridized carbons (Fsp3) is 0.261. The largest absolute Gasteiger partial charge is 0.419 e. The molecule has 33 heavy (non-hydrogen) atoms. The van der Waals surface area contributed by atoms with Gasteiger partial charge in [-0.3, -0.25) is 9.59 Å². The molecule has 0 bridgehead atoms. The van der Waals surface area contributed by atoms with Gasteiger partial charge in [-0.25, -0.2) is 4.39 Å². The lowest BCUT2D eigenvalue weighted by Crippen LogP contribution is -2.29. The van der Waals surface area contributed by atoms with Crippen molar-refractivity contribution in [1.29, 1.82) is 0 Å². The fourth-order valence-corrected chi connectivity index (χ4v) is 3.69. The molecule has 0 aliphatic carbocycles. The number of halogens is 4. The first-order valence-corrected chi connectivity index (χ1v) is 10.3. The van der Waals surface area contributed by atoms with Gasteiger partial charge in [0.15, 0.2) is 0 Å².